The first-order valence-electron chi connectivity index (χ1n) is 6.57. The minimum atomic E-state index is 0.0909. The third-order valence-electron chi connectivity index (χ3n) is 3.74. The highest BCUT2D eigenvalue weighted by atomic mass is 32.2. The van der Waals surface area contributed by atoms with Crippen molar-refractivity contribution in [2.45, 2.75) is 25.7 Å². The Morgan fingerprint density at radius 3 is 2.94 bits per heavy atom. The van der Waals surface area contributed by atoms with E-state index < -0.39 is 0 Å². The number of hydrogen-bond donors (Lipinski definition) is 1. The molecule has 1 saturated heterocycles. The molecule has 0 aromatic rings. The summed E-state index contributed by atoms with van der Waals surface area (Å²) in [5.74, 6) is 1.24. The lowest BCUT2D eigenvalue weighted by Gasteiger charge is -2.42. The summed E-state index contributed by atoms with van der Waals surface area (Å²) in [6.07, 6.45) is 6.76. The van der Waals surface area contributed by atoms with E-state index in [9.17, 15) is 5.11 Å². The highest BCUT2D eigenvalue weighted by Gasteiger charge is 2.34. The number of nitrogens with zero attached hydrogens (tertiary/aromatic N) is 1. The van der Waals surface area contributed by atoms with Crippen molar-refractivity contribution in [2.75, 3.05) is 52.0 Å². The maximum Gasteiger partial charge on any atom is 0.0500 e. The number of piperidine rings is 1. The molecule has 0 bridgehead atoms. The van der Waals surface area contributed by atoms with Crippen molar-refractivity contribution in [3.8, 4) is 0 Å². The molecule has 0 amide bonds. The number of methoxy groups -OCH3 is 1. The maximum atomic E-state index is 9.67. The van der Waals surface area contributed by atoms with Gasteiger partial charge >= 0.3 is 0 Å². The van der Waals surface area contributed by atoms with Crippen molar-refractivity contribution in [3.05, 3.63) is 0 Å². The minimum absolute atomic E-state index is 0.0909. The molecule has 17 heavy (non-hydrogen) atoms. The predicted octanol–water partition coefficient (Wildman–Crippen LogP) is 1.85. The number of likely N-dealkylation sites (tertiary alicyclic amines) is 1. The average Bonchev–Trinajstić information content (AvgIpc) is 2.37. The largest absolute Gasteiger partial charge is 0.396 e. The fraction of sp³-hybridized carbons (Fsp3) is 1.00. The van der Waals surface area contributed by atoms with Gasteiger partial charge in [0.25, 0.3) is 0 Å². The van der Waals surface area contributed by atoms with E-state index in [1.165, 1.54) is 31.7 Å². The van der Waals surface area contributed by atoms with Crippen LogP contribution in [0.4, 0.5) is 0 Å². The van der Waals surface area contributed by atoms with Crippen LogP contribution < -0.4 is 0 Å². The zero-order valence-electron chi connectivity index (χ0n) is 11.3. The van der Waals surface area contributed by atoms with Crippen molar-refractivity contribution in [3.63, 3.8) is 0 Å². The zero-order valence-corrected chi connectivity index (χ0v) is 12.1. The molecule has 3 nitrogen and oxygen atoms in total. The molecule has 0 saturated carbocycles. The average molecular weight is 261 g/mol. The van der Waals surface area contributed by atoms with Crippen molar-refractivity contribution < 1.29 is 9.84 Å². The molecule has 1 N–H and O–H groups in total. The Balaban J connectivity index is 2.38. The summed E-state index contributed by atoms with van der Waals surface area (Å²) < 4.78 is 5.17. The second kappa shape index (κ2) is 8.35. The van der Waals surface area contributed by atoms with Crippen molar-refractivity contribution in [2.24, 2.45) is 5.41 Å². The number of aliphatic hydroxyl groups excluding tert-OH is 1. The van der Waals surface area contributed by atoms with Crippen LogP contribution in [0.2, 0.25) is 0 Å². The molecule has 0 aromatic heterocycles. The van der Waals surface area contributed by atoms with Crippen LogP contribution in [0.3, 0.4) is 0 Å². The Kier molecular flexibility index (Phi) is 7.51. The Morgan fingerprint density at radius 2 is 2.29 bits per heavy atom. The second-order valence-corrected chi connectivity index (χ2v) is 6.11. The lowest BCUT2D eigenvalue weighted by atomic mass is 9.78. The molecule has 0 spiro atoms. The van der Waals surface area contributed by atoms with Gasteiger partial charge in [-0.15, -0.1) is 0 Å². The highest BCUT2D eigenvalue weighted by molar-refractivity contribution is 7.98. The fourth-order valence-corrected chi connectivity index (χ4v) is 3.08. The van der Waals surface area contributed by atoms with E-state index in [-0.39, 0.29) is 5.41 Å². The third-order valence-corrected chi connectivity index (χ3v) is 4.43. The topological polar surface area (TPSA) is 32.7 Å². The quantitative estimate of drug-likeness (QED) is 0.676. The van der Waals surface area contributed by atoms with Crippen LogP contribution in [0, 0.1) is 5.41 Å². The molecule has 1 atom stereocenters. The van der Waals surface area contributed by atoms with Gasteiger partial charge in [-0.25, -0.2) is 0 Å². The number of hydrogen-bond acceptors (Lipinski definition) is 4. The van der Waals surface area contributed by atoms with Crippen LogP contribution in [0.25, 0.3) is 0 Å². The van der Waals surface area contributed by atoms with Crippen molar-refractivity contribution in [1.29, 1.82) is 0 Å². The monoisotopic (exact) mass is 261 g/mol. The summed E-state index contributed by atoms with van der Waals surface area (Å²) in [5, 5.41) is 9.67. The highest BCUT2D eigenvalue weighted by Crippen LogP contribution is 2.33. The molecule has 1 aliphatic heterocycles. The van der Waals surface area contributed by atoms with Gasteiger partial charge in [0.15, 0.2) is 0 Å². The SMILES string of the molecule is COCC[C@]1(CO)CCCN(CCCSC)C1. The molecule has 1 aliphatic rings. The van der Waals surface area contributed by atoms with Crippen LogP contribution in [-0.4, -0.2) is 62.0 Å². The zero-order chi connectivity index (χ0) is 12.6. The van der Waals surface area contributed by atoms with Gasteiger partial charge in [0, 0.05) is 25.7 Å². The molecule has 0 unspecified atom stereocenters. The van der Waals surface area contributed by atoms with Crippen LogP contribution in [0.15, 0.2) is 0 Å². The van der Waals surface area contributed by atoms with E-state index in [1.807, 2.05) is 11.8 Å². The Labute approximate surface area is 110 Å². The molecule has 1 heterocycles. The number of aliphatic hydroxyl groups is 1. The number of ether oxygens (including phenoxy) is 1. The van der Waals surface area contributed by atoms with E-state index in [1.54, 1.807) is 7.11 Å². The molecule has 0 radical (unpaired) electrons. The summed E-state index contributed by atoms with van der Waals surface area (Å²) in [4.78, 5) is 2.52. The summed E-state index contributed by atoms with van der Waals surface area (Å²) in [6, 6.07) is 0. The van der Waals surface area contributed by atoms with E-state index >= 15 is 0 Å². The normalized spacial score (nSPS) is 26.3. The Hall–Kier alpha value is 0.230. The molecule has 0 aliphatic carbocycles. The van der Waals surface area contributed by atoms with Gasteiger partial charge in [-0.2, -0.15) is 11.8 Å². The van der Waals surface area contributed by atoms with E-state index in [2.05, 4.69) is 11.2 Å². The molecular formula is C13H27NO2S. The van der Waals surface area contributed by atoms with E-state index in [0.717, 1.165) is 26.0 Å². The van der Waals surface area contributed by atoms with Gasteiger partial charge in [0.05, 0.1) is 6.61 Å². The first-order chi connectivity index (χ1) is 8.26. The van der Waals surface area contributed by atoms with Crippen molar-refractivity contribution >= 4 is 11.8 Å². The van der Waals surface area contributed by atoms with Crippen LogP contribution in [0.1, 0.15) is 25.7 Å². The second-order valence-electron chi connectivity index (χ2n) is 5.13. The first kappa shape index (κ1) is 15.3. The fourth-order valence-electron chi connectivity index (χ4n) is 2.66. The van der Waals surface area contributed by atoms with Crippen LogP contribution in [0.5, 0.6) is 0 Å². The Morgan fingerprint density at radius 1 is 1.47 bits per heavy atom. The van der Waals surface area contributed by atoms with Gasteiger partial charge in [-0.3, -0.25) is 0 Å². The minimum Gasteiger partial charge on any atom is -0.396 e. The van der Waals surface area contributed by atoms with Gasteiger partial charge in [0.2, 0.25) is 0 Å². The Bertz CT molecular complexity index is 204. The van der Waals surface area contributed by atoms with Gasteiger partial charge < -0.3 is 14.7 Å². The van der Waals surface area contributed by atoms with Crippen LogP contribution in [-0.2, 0) is 4.74 Å². The van der Waals surface area contributed by atoms with Gasteiger partial charge in [0.1, 0.15) is 0 Å². The van der Waals surface area contributed by atoms with Crippen molar-refractivity contribution in [1.82, 2.24) is 4.90 Å². The summed E-state index contributed by atoms with van der Waals surface area (Å²) in [7, 11) is 1.74. The standard InChI is InChI=1S/C13H27NO2S/c1-16-9-6-13(12-15)5-3-7-14(11-13)8-4-10-17-2/h15H,3-12H2,1-2H3/t13-/m1/s1. The van der Waals surface area contributed by atoms with Gasteiger partial charge in [-0.1, -0.05) is 0 Å². The summed E-state index contributed by atoms with van der Waals surface area (Å²) in [5.41, 5.74) is 0.0909. The number of rotatable bonds is 8. The van der Waals surface area contributed by atoms with Crippen LogP contribution >= 0.6 is 11.8 Å². The third kappa shape index (κ3) is 5.16. The lowest BCUT2D eigenvalue weighted by Crippen LogP contribution is -2.46. The van der Waals surface area contributed by atoms with Gasteiger partial charge in [-0.05, 0) is 50.8 Å². The molecule has 102 valence electrons. The lowest BCUT2D eigenvalue weighted by molar-refractivity contribution is 0.00775. The van der Waals surface area contributed by atoms with E-state index in [4.69, 9.17) is 4.74 Å². The predicted molar refractivity (Wildman–Crippen MR) is 74.7 cm³/mol. The first-order valence-corrected chi connectivity index (χ1v) is 7.97. The van der Waals surface area contributed by atoms with E-state index in [0.29, 0.717) is 6.61 Å². The molecular weight excluding hydrogens is 234 g/mol. The molecule has 4 heteroatoms. The molecule has 0 aromatic carbocycles. The summed E-state index contributed by atoms with van der Waals surface area (Å²) >= 11 is 1.91. The maximum absolute atomic E-state index is 9.67. The smallest absolute Gasteiger partial charge is 0.0500 e. The molecule has 1 rings (SSSR count). The summed E-state index contributed by atoms with van der Waals surface area (Å²) in [6.45, 7) is 4.48. The molecule has 1 fully saturated rings. The number of thioether (sulfide) groups is 1.